The van der Waals surface area contributed by atoms with Gasteiger partial charge < -0.3 is 9.32 Å². The van der Waals surface area contributed by atoms with E-state index in [1.54, 1.807) is 0 Å². The molecule has 1 saturated heterocycles. The van der Waals surface area contributed by atoms with E-state index < -0.39 is 0 Å². The maximum absolute atomic E-state index is 13.2. The van der Waals surface area contributed by atoms with Crippen LogP contribution in [0.25, 0.3) is 22.1 Å². The van der Waals surface area contributed by atoms with Gasteiger partial charge in [0, 0.05) is 56.3 Å². The Bertz CT molecular complexity index is 1410. The van der Waals surface area contributed by atoms with Gasteiger partial charge >= 0.3 is 0 Å². The Hall–Kier alpha value is -3.15. The van der Waals surface area contributed by atoms with Gasteiger partial charge in [-0.3, -0.25) is 14.6 Å². The highest BCUT2D eigenvalue weighted by atomic mass is 16.3. The molecule has 3 heterocycles. The Kier molecular flexibility index (Phi) is 8.22. The molecule has 0 bridgehead atoms. The van der Waals surface area contributed by atoms with Crippen LogP contribution in [0, 0.1) is 13.8 Å². The molecule has 1 saturated carbocycles. The van der Waals surface area contributed by atoms with Crippen LogP contribution in [0.5, 0.6) is 0 Å². The first-order valence-electron chi connectivity index (χ1n) is 15.2. The molecule has 5 heteroatoms. The van der Waals surface area contributed by atoms with E-state index in [4.69, 9.17) is 4.42 Å². The number of piperazine rings is 1. The Morgan fingerprint density at radius 2 is 1.65 bits per heavy atom. The number of hydrogen-bond donors (Lipinski definition) is 0. The summed E-state index contributed by atoms with van der Waals surface area (Å²) in [6, 6.07) is 22.2. The maximum Gasteiger partial charge on any atom is 0.236 e. The van der Waals surface area contributed by atoms with E-state index in [9.17, 15) is 4.79 Å². The van der Waals surface area contributed by atoms with Crippen molar-refractivity contribution in [2.45, 2.75) is 65.0 Å². The Morgan fingerprint density at radius 3 is 2.48 bits per heavy atom. The van der Waals surface area contributed by atoms with Gasteiger partial charge in [-0.2, -0.15) is 0 Å². The van der Waals surface area contributed by atoms with Crippen molar-refractivity contribution >= 4 is 16.9 Å². The minimum Gasteiger partial charge on any atom is -0.461 e. The van der Waals surface area contributed by atoms with E-state index in [-0.39, 0.29) is 0 Å². The summed E-state index contributed by atoms with van der Waals surface area (Å²) in [5.41, 5.74) is 7.11. The first kappa shape index (κ1) is 27.0. The van der Waals surface area contributed by atoms with Crippen LogP contribution >= 0.6 is 0 Å². The molecule has 210 valence electrons. The molecule has 3 aromatic rings. The van der Waals surface area contributed by atoms with Crippen LogP contribution in [-0.4, -0.2) is 65.9 Å². The molecule has 0 atom stereocenters. The summed E-state index contributed by atoms with van der Waals surface area (Å²) < 4.78 is 6.39. The minimum atomic E-state index is 0.292. The van der Waals surface area contributed by atoms with Gasteiger partial charge in [0.15, 0.2) is 0 Å². The molecule has 2 aliphatic heterocycles. The molecule has 40 heavy (non-hydrogen) atoms. The smallest absolute Gasteiger partial charge is 0.236 e. The predicted octanol–water partition coefficient (Wildman–Crippen LogP) is 6.68. The lowest BCUT2D eigenvalue weighted by Crippen LogP contribution is -2.54. The van der Waals surface area contributed by atoms with Crippen molar-refractivity contribution in [2.75, 3.05) is 39.3 Å². The molecule has 1 aromatic heterocycles. The molecule has 0 unspecified atom stereocenters. The fourth-order valence-electron chi connectivity index (χ4n) is 6.85. The lowest BCUT2D eigenvalue weighted by Gasteiger charge is -2.41. The zero-order chi connectivity index (χ0) is 27.5. The number of benzene rings is 2. The minimum absolute atomic E-state index is 0.292. The molecule has 2 aromatic carbocycles. The van der Waals surface area contributed by atoms with Crippen LogP contribution in [0.2, 0.25) is 0 Å². The maximum atomic E-state index is 13.2. The summed E-state index contributed by atoms with van der Waals surface area (Å²) in [5.74, 6) is 1.17. The van der Waals surface area contributed by atoms with Crippen LogP contribution in [0.1, 0.15) is 54.6 Å². The Balaban J connectivity index is 1.14. The molecule has 2 fully saturated rings. The average molecular weight is 538 g/mol. The second-order valence-electron chi connectivity index (χ2n) is 11.9. The van der Waals surface area contributed by atoms with Crippen molar-refractivity contribution in [3.05, 3.63) is 83.1 Å². The van der Waals surface area contributed by atoms with Crippen LogP contribution in [0.4, 0.5) is 0 Å². The summed E-state index contributed by atoms with van der Waals surface area (Å²) >= 11 is 0. The molecule has 0 radical (unpaired) electrons. The zero-order valence-corrected chi connectivity index (χ0v) is 24.2. The number of hydrogen-bond acceptors (Lipinski definition) is 4. The average Bonchev–Trinajstić information content (AvgIpc) is 3.06. The number of aryl methyl sites for hydroxylation is 2. The van der Waals surface area contributed by atoms with Crippen molar-refractivity contribution in [3.8, 4) is 11.1 Å². The van der Waals surface area contributed by atoms with E-state index in [2.05, 4.69) is 70.2 Å². The lowest BCUT2D eigenvalue weighted by molar-refractivity contribution is -0.134. The first-order valence-corrected chi connectivity index (χ1v) is 15.2. The van der Waals surface area contributed by atoms with Crippen molar-refractivity contribution < 1.29 is 9.21 Å². The Morgan fingerprint density at radius 1 is 0.850 bits per heavy atom. The van der Waals surface area contributed by atoms with Gasteiger partial charge in [0.05, 0.1) is 6.54 Å². The zero-order valence-electron chi connectivity index (χ0n) is 24.2. The largest absolute Gasteiger partial charge is 0.461 e. The van der Waals surface area contributed by atoms with Crippen molar-refractivity contribution in [2.24, 2.45) is 0 Å². The van der Waals surface area contributed by atoms with Gasteiger partial charge in [0.2, 0.25) is 5.91 Å². The lowest BCUT2D eigenvalue weighted by atomic mass is 9.93. The van der Waals surface area contributed by atoms with Gasteiger partial charge in [-0.1, -0.05) is 73.9 Å². The molecular weight excluding hydrogens is 494 g/mol. The molecule has 3 aliphatic rings. The highest BCUT2D eigenvalue weighted by molar-refractivity contribution is 5.93. The van der Waals surface area contributed by atoms with Crippen LogP contribution in [0.15, 0.2) is 65.1 Å². The fraction of sp³-hybridized carbons (Fsp3) is 0.457. The number of rotatable bonds is 4. The number of fused-ring (bicyclic) bond motifs is 2. The number of amides is 1. The number of carbonyl (C=O) groups is 1. The van der Waals surface area contributed by atoms with Gasteiger partial charge in [0.1, 0.15) is 11.3 Å². The van der Waals surface area contributed by atoms with E-state index in [1.807, 2.05) is 19.1 Å². The van der Waals surface area contributed by atoms with E-state index in [0.717, 1.165) is 74.0 Å². The number of carbonyl (C=O) groups excluding carboxylic acids is 1. The number of para-hydroxylation sites is 1. The summed E-state index contributed by atoms with van der Waals surface area (Å²) in [7, 11) is 0. The summed E-state index contributed by atoms with van der Waals surface area (Å²) in [4.78, 5) is 20.3. The molecule has 5 nitrogen and oxygen atoms in total. The molecular formula is C35H43N3O2. The van der Waals surface area contributed by atoms with Crippen LogP contribution in [-0.2, 0) is 17.8 Å². The predicted molar refractivity (Wildman–Crippen MR) is 163 cm³/mol. The van der Waals surface area contributed by atoms with Gasteiger partial charge in [-0.15, -0.1) is 0 Å². The third-order valence-corrected chi connectivity index (χ3v) is 9.22. The quantitative estimate of drug-likeness (QED) is 0.372. The topological polar surface area (TPSA) is 39.9 Å². The normalized spacial score (nSPS) is 18.9. The van der Waals surface area contributed by atoms with Gasteiger partial charge in [-0.25, -0.2) is 0 Å². The highest BCUT2D eigenvalue weighted by Crippen LogP contribution is 2.32. The molecule has 1 amide bonds. The second-order valence-corrected chi connectivity index (χ2v) is 11.9. The standard InChI is InChI=1S/C35H43N3O2/c1-26-9-6-7-10-27(2)40-35-32(26)13-8-14-33(35)29-15-16-30-24-36(18-17-28(30)23-29)25-34(39)38-21-19-37(20-22-38)31-11-4-3-5-12-31/h6-10,13-16,23,31H,3-5,11-12,17-22,24-25H2,1-2H3. The molecule has 0 spiro atoms. The number of nitrogens with zero attached hydrogens (tertiary/aromatic N) is 3. The SMILES string of the molecule is Cc1ccccc(C)c2cccc(-c3ccc4c(c3)CCN(CC(=O)N3CCN(C5CCCCC5)CC3)C4)c2o1. The summed E-state index contributed by atoms with van der Waals surface area (Å²) in [5, 5.41) is 1.12. The van der Waals surface area contributed by atoms with Gasteiger partial charge in [0.25, 0.3) is 0 Å². The summed E-state index contributed by atoms with van der Waals surface area (Å²) in [6.45, 7) is 10.3. The first-order chi connectivity index (χ1) is 19.5. The molecule has 1 aliphatic carbocycles. The Labute approximate surface area is 239 Å². The van der Waals surface area contributed by atoms with Crippen LogP contribution < -0.4 is 0 Å². The summed E-state index contributed by atoms with van der Waals surface area (Å²) in [6.07, 6.45) is 7.78. The van der Waals surface area contributed by atoms with Gasteiger partial charge in [-0.05, 0) is 61.4 Å². The van der Waals surface area contributed by atoms with Crippen molar-refractivity contribution in [1.82, 2.24) is 14.7 Å². The van der Waals surface area contributed by atoms with E-state index in [1.165, 1.54) is 54.4 Å². The second kappa shape index (κ2) is 12.2. The van der Waals surface area contributed by atoms with E-state index in [0.29, 0.717) is 12.5 Å². The molecule has 6 rings (SSSR count). The third-order valence-electron chi connectivity index (χ3n) is 9.22. The van der Waals surface area contributed by atoms with Crippen LogP contribution in [0.3, 0.4) is 0 Å². The monoisotopic (exact) mass is 537 g/mol. The molecule has 0 N–H and O–H groups in total. The third kappa shape index (κ3) is 5.96. The fourth-order valence-corrected chi connectivity index (χ4v) is 6.85. The van der Waals surface area contributed by atoms with E-state index >= 15 is 0 Å². The highest BCUT2D eigenvalue weighted by Gasteiger charge is 2.28. The van der Waals surface area contributed by atoms with Crippen molar-refractivity contribution in [3.63, 3.8) is 0 Å². The van der Waals surface area contributed by atoms with Crippen molar-refractivity contribution in [1.29, 1.82) is 0 Å².